The van der Waals surface area contributed by atoms with Gasteiger partial charge in [0.15, 0.2) is 0 Å². The molecule has 0 unspecified atom stereocenters. The quantitative estimate of drug-likeness (QED) is 0.804. The maximum Gasteiger partial charge on any atom is 0.410 e. The van der Waals surface area contributed by atoms with Crippen LogP contribution in [0.4, 0.5) is 4.79 Å². The van der Waals surface area contributed by atoms with E-state index in [1.54, 1.807) is 4.90 Å². The maximum absolute atomic E-state index is 11.8. The minimum Gasteiger partial charge on any atom is -0.444 e. The smallest absolute Gasteiger partial charge is 0.410 e. The Hall–Kier alpha value is -0.710. The second-order valence-corrected chi connectivity index (χ2v) is 6.13. The topological polar surface area (TPSA) is 46.6 Å². The third kappa shape index (κ3) is 5.29. The van der Waals surface area contributed by atoms with E-state index < -0.39 is 5.60 Å². The molecule has 1 aliphatic heterocycles. The highest BCUT2D eigenvalue weighted by Crippen LogP contribution is 2.22. The first-order valence-corrected chi connectivity index (χ1v) is 7.05. The highest BCUT2D eigenvalue weighted by molar-refractivity contribution is 7.81. The fraction of sp³-hybridized carbons (Fsp3) is 0.846. The molecule has 1 rings (SSSR count). The van der Waals surface area contributed by atoms with E-state index in [4.69, 9.17) is 4.74 Å². The summed E-state index contributed by atoms with van der Waals surface area (Å²) >= 11 is 3.98. The van der Waals surface area contributed by atoms with Crippen molar-refractivity contribution in [3.05, 3.63) is 0 Å². The van der Waals surface area contributed by atoms with E-state index in [1.165, 1.54) is 0 Å². The van der Waals surface area contributed by atoms with Crippen LogP contribution in [0.5, 0.6) is 0 Å². The van der Waals surface area contributed by atoms with Crippen LogP contribution in [-0.4, -0.2) is 41.2 Å². The van der Waals surface area contributed by atoms with Gasteiger partial charge in [-0.05, 0) is 39.5 Å². The average molecular weight is 273 g/mol. The SMILES string of the molecule is CC(C)(C)OC(=O)N1CCC(CC(=O)CS)CC1. The van der Waals surface area contributed by atoms with Crippen LogP contribution in [0.25, 0.3) is 0 Å². The summed E-state index contributed by atoms with van der Waals surface area (Å²) in [6.07, 6.45) is 2.09. The fourth-order valence-corrected chi connectivity index (χ4v) is 2.16. The first-order chi connectivity index (χ1) is 8.31. The van der Waals surface area contributed by atoms with Gasteiger partial charge in [0.05, 0.1) is 0 Å². The van der Waals surface area contributed by atoms with Gasteiger partial charge in [-0.3, -0.25) is 4.79 Å². The summed E-state index contributed by atoms with van der Waals surface area (Å²) in [6.45, 7) is 6.95. The minimum atomic E-state index is -0.448. The van der Waals surface area contributed by atoms with Crippen LogP contribution in [0.15, 0.2) is 0 Å². The van der Waals surface area contributed by atoms with Gasteiger partial charge in [0.1, 0.15) is 11.4 Å². The van der Waals surface area contributed by atoms with Crippen LogP contribution in [0.3, 0.4) is 0 Å². The average Bonchev–Trinajstić information content (AvgIpc) is 2.27. The molecule has 0 spiro atoms. The molecule has 0 aromatic rings. The van der Waals surface area contributed by atoms with Crippen molar-refractivity contribution < 1.29 is 14.3 Å². The molecule has 0 bridgehead atoms. The normalized spacial score (nSPS) is 17.7. The van der Waals surface area contributed by atoms with Crippen molar-refractivity contribution in [1.29, 1.82) is 0 Å². The Labute approximate surface area is 114 Å². The van der Waals surface area contributed by atoms with E-state index in [2.05, 4.69) is 12.6 Å². The number of rotatable bonds is 3. The summed E-state index contributed by atoms with van der Waals surface area (Å²) in [5.41, 5.74) is -0.448. The van der Waals surface area contributed by atoms with Crippen LogP contribution < -0.4 is 0 Å². The number of hydrogen-bond donors (Lipinski definition) is 1. The molecule has 0 saturated carbocycles. The molecule has 1 amide bonds. The van der Waals surface area contributed by atoms with Gasteiger partial charge >= 0.3 is 6.09 Å². The number of piperidine rings is 1. The number of carbonyl (C=O) groups excluding carboxylic acids is 2. The Morgan fingerprint density at radius 3 is 2.28 bits per heavy atom. The lowest BCUT2D eigenvalue weighted by Gasteiger charge is -2.33. The highest BCUT2D eigenvalue weighted by atomic mass is 32.1. The van der Waals surface area contributed by atoms with Gasteiger partial charge in [0.25, 0.3) is 0 Å². The number of ketones is 1. The molecule has 0 aromatic heterocycles. The van der Waals surface area contributed by atoms with E-state index in [9.17, 15) is 9.59 Å². The second kappa shape index (κ2) is 6.45. The summed E-state index contributed by atoms with van der Waals surface area (Å²) in [5.74, 6) is 0.893. The molecule has 0 radical (unpaired) electrons. The van der Waals surface area contributed by atoms with Gasteiger partial charge in [-0.25, -0.2) is 4.79 Å². The van der Waals surface area contributed by atoms with Crippen LogP contribution in [0, 0.1) is 5.92 Å². The molecule has 1 saturated heterocycles. The lowest BCUT2D eigenvalue weighted by molar-refractivity contribution is -0.117. The number of likely N-dealkylation sites (tertiary alicyclic amines) is 1. The van der Waals surface area contributed by atoms with Crippen molar-refractivity contribution in [2.24, 2.45) is 5.92 Å². The van der Waals surface area contributed by atoms with Crippen molar-refractivity contribution in [2.45, 2.75) is 45.6 Å². The molecule has 1 fully saturated rings. The second-order valence-electron chi connectivity index (χ2n) is 5.81. The van der Waals surface area contributed by atoms with Gasteiger partial charge in [0.2, 0.25) is 0 Å². The molecular formula is C13H23NO3S. The molecule has 18 heavy (non-hydrogen) atoms. The largest absolute Gasteiger partial charge is 0.444 e. The summed E-state index contributed by atoms with van der Waals surface area (Å²) in [4.78, 5) is 24.9. The Bertz CT molecular complexity index is 304. The van der Waals surface area contributed by atoms with Gasteiger partial charge in [-0.2, -0.15) is 12.6 Å². The lowest BCUT2D eigenvalue weighted by atomic mass is 9.92. The van der Waals surface area contributed by atoms with Crippen molar-refractivity contribution in [3.63, 3.8) is 0 Å². The first-order valence-electron chi connectivity index (χ1n) is 6.42. The van der Waals surface area contributed by atoms with Crippen molar-refractivity contribution in [3.8, 4) is 0 Å². The van der Waals surface area contributed by atoms with Gasteiger partial charge < -0.3 is 9.64 Å². The third-order valence-electron chi connectivity index (χ3n) is 2.96. The number of nitrogens with zero attached hydrogens (tertiary/aromatic N) is 1. The summed E-state index contributed by atoms with van der Waals surface area (Å²) in [7, 11) is 0. The third-order valence-corrected chi connectivity index (χ3v) is 3.31. The van der Waals surface area contributed by atoms with E-state index in [0.29, 0.717) is 31.2 Å². The van der Waals surface area contributed by atoms with Crippen LogP contribution in [-0.2, 0) is 9.53 Å². The Morgan fingerprint density at radius 2 is 1.83 bits per heavy atom. The number of hydrogen-bond acceptors (Lipinski definition) is 4. The van der Waals surface area contributed by atoms with E-state index >= 15 is 0 Å². The van der Waals surface area contributed by atoms with Gasteiger partial charge in [-0.15, -0.1) is 0 Å². The molecule has 4 nitrogen and oxygen atoms in total. The Morgan fingerprint density at radius 1 is 1.28 bits per heavy atom. The zero-order chi connectivity index (χ0) is 13.8. The Balaban J connectivity index is 2.35. The molecule has 0 aliphatic carbocycles. The number of carbonyl (C=O) groups is 2. The van der Waals surface area contributed by atoms with Gasteiger partial charge in [-0.1, -0.05) is 0 Å². The lowest BCUT2D eigenvalue weighted by Crippen LogP contribution is -2.42. The minimum absolute atomic E-state index is 0.189. The van der Waals surface area contributed by atoms with Crippen molar-refractivity contribution in [2.75, 3.05) is 18.8 Å². The highest BCUT2D eigenvalue weighted by Gasteiger charge is 2.27. The summed E-state index contributed by atoms with van der Waals surface area (Å²) in [5, 5.41) is 0. The maximum atomic E-state index is 11.8. The molecule has 0 aromatic carbocycles. The number of ether oxygens (including phenoxy) is 1. The molecule has 104 valence electrons. The zero-order valence-electron chi connectivity index (χ0n) is 11.4. The number of amides is 1. The Kier molecular flexibility index (Phi) is 5.50. The van der Waals surface area contributed by atoms with Crippen LogP contribution >= 0.6 is 12.6 Å². The van der Waals surface area contributed by atoms with Crippen LogP contribution in [0.2, 0.25) is 0 Å². The predicted octanol–water partition coefficient (Wildman–Crippen LogP) is 2.52. The molecular weight excluding hydrogens is 250 g/mol. The van der Waals surface area contributed by atoms with E-state index in [0.717, 1.165) is 12.8 Å². The number of thiol groups is 1. The number of Topliss-reactive ketones (excluding diaryl/α,β-unsaturated/α-hetero) is 1. The van der Waals surface area contributed by atoms with E-state index in [-0.39, 0.29) is 11.9 Å². The fourth-order valence-electron chi connectivity index (χ4n) is 2.03. The molecule has 0 N–H and O–H groups in total. The molecule has 1 aliphatic rings. The van der Waals surface area contributed by atoms with Crippen molar-refractivity contribution in [1.82, 2.24) is 4.90 Å². The standard InChI is InChI=1S/C13H23NO3S/c1-13(2,3)17-12(16)14-6-4-10(5-7-14)8-11(15)9-18/h10,18H,4-9H2,1-3H3. The van der Waals surface area contributed by atoms with Crippen LogP contribution in [0.1, 0.15) is 40.0 Å². The summed E-state index contributed by atoms with van der Waals surface area (Å²) < 4.78 is 5.32. The predicted molar refractivity (Wildman–Crippen MR) is 74.0 cm³/mol. The monoisotopic (exact) mass is 273 g/mol. The van der Waals surface area contributed by atoms with Crippen molar-refractivity contribution >= 4 is 24.5 Å². The molecule has 5 heteroatoms. The first kappa shape index (κ1) is 15.3. The molecule has 0 atom stereocenters. The van der Waals surface area contributed by atoms with E-state index in [1.807, 2.05) is 20.8 Å². The zero-order valence-corrected chi connectivity index (χ0v) is 12.3. The summed E-state index contributed by atoms with van der Waals surface area (Å²) in [6, 6.07) is 0. The van der Waals surface area contributed by atoms with Gasteiger partial charge in [0, 0.05) is 25.3 Å². The molecule has 1 heterocycles.